The SMILES string of the molecule is CCCOc1ccccc1/C=C(\C(=O)O)c1ccc(C)c(C)c1. The van der Waals surface area contributed by atoms with E-state index in [-0.39, 0.29) is 5.57 Å². The van der Waals surface area contributed by atoms with Gasteiger partial charge < -0.3 is 9.84 Å². The molecule has 0 aromatic heterocycles. The molecule has 120 valence electrons. The number of carboxylic acids is 1. The topological polar surface area (TPSA) is 46.5 Å². The van der Waals surface area contributed by atoms with Crippen LogP contribution in [0.15, 0.2) is 42.5 Å². The Bertz CT molecular complexity index is 729. The molecule has 2 aromatic rings. The summed E-state index contributed by atoms with van der Waals surface area (Å²) >= 11 is 0. The summed E-state index contributed by atoms with van der Waals surface area (Å²) in [6.45, 7) is 6.64. The lowest BCUT2D eigenvalue weighted by atomic mass is 9.98. The van der Waals surface area contributed by atoms with Gasteiger partial charge >= 0.3 is 5.97 Å². The van der Waals surface area contributed by atoms with E-state index in [0.29, 0.717) is 17.9 Å². The van der Waals surface area contributed by atoms with Crippen molar-refractivity contribution in [1.82, 2.24) is 0 Å². The number of ether oxygens (including phenoxy) is 1. The van der Waals surface area contributed by atoms with Crippen molar-refractivity contribution in [3.05, 3.63) is 64.7 Å². The van der Waals surface area contributed by atoms with Crippen LogP contribution >= 0.6 is 0 Å². The van der Waals surface area contributed by atoms with Gasteiger partial charge in [0.05, 0.1) is 12.2 Å². The van der Waals surface area contributed by atoms with Crippen LogP contribution in [-0.4, -0.2) is 17.7 Å². The highest BCUT2D eigenvalue weighted by molar-refractivity contribution is 6.20. The molecule has 0 radical (unpaired) electrons. The number of hydrogen-bond acceptors (Lipinski definition) is 2. The summed E-state index contributed by atoms with van der Waals surface area (Å²) in [5.41, 5.74) is 3.96. The summed E-state index contributed by atoms with van der Waals surface area (Å²) in [5, 5.41) is 9.61. The Kier molecular flexibility index (Phi) is 5.58. The Morgan fingerprint density at radius 2 is 1.87 bits per heavy atom. The maximum Gasteiger partial charge on any atom is 0.336 e. The minimum Gasteiger partial charge on any atom is -0.493 e. The van der Waals surface area contributed by atoms with Crippen molar-refractivity contribution < 1.29 is 14.6 Å². The van der Waals surface area contributed by atoms with Gasteiger partial charge in [0.2, 0.25) is 0 Å². The van der Waals surface area contributed by atoms with Gasteiger partial charge in [0.15, 0.2) is 0 Å². The summed E-state index contributed by atoms with van der Waals surface area (Å²) < 4.78 is 5.71. The van der Waals surface area contributed by atoms with E-state index in [1.165, 1.54) is 0 Å². The van der Waals surface area contributed by atoms with Gasteiger partial charge in [-0.05, 0) is 49.1 Å². The van der Waals surface area contributed by atoms with Crippen LogP contribution in [0.3, 0.4) is 0 Å². The predicted molar refractivity (Wildman–Crippen MR) is 93.7 cm³/mol. The summed E-state index contributed by atoms with van der Waals surface area (Å²) in [6.07, 6.45) is 2.58. The molecule has 0 heterocycles. The van der Waals surface area contributed by atoms with E-state index in [1.54, 1.807) is 6.08 Å². The maximum atomic E-state index is 11.7. The van der Waals surface area contributed by atoms with E-state index in [0.717, 1.165) is 23.1 Å². The van der Waals surface area contributed by atoms with Crippen LogP contribution in [0.5, 0.6) is 5.75 Å². The Morgan fingerprint density at radius 1 is 1.13 bits per heavy atom. The minimum absolute atomic E-state index is 0.264. The highest BCUT2D eigenvalue weighted by Gasteiger charge is 2.13. The zero-order valence-electron chi connectivity index (χ0n) is 13.8. The van der Waals surface area contributed by atoms with Gasteiger partial charge in [0.25, 0.3) is 0 Å². The van der Waals surface area contributed by atoms with E-state index in [1.807, 2.05) is 63.2 Å². The Balaban J connectivity index is 2.47. The molecule has 0 saturated heterocycles. The molecule has 0 bridgehead atoms. The fourth-order valence-electron chi connectivity index (χ4n) is 2.28. The van der Waals surface area contributed by atoms with Crippen LogP contribution in [0, 0.1) is 13.8 Å². The van der Waals surface area contributed by atoms with Gasteiger partial charge in [-0.2, -0.15) is 0 Å². The standard InChI is InChI=1S/C20H22O3/c1-4-11-23-19-8-6-5-7-17(19)13-18(20(21)22)16-10-9-14(2)15(3)12-16/h5-10,12-13H,4,11H2,1-3H3,(H,21,22)/b18-13-. The van der Waals surface area contributed by atoms with Crippen molar-refractivity contribution in [3.8, 4) is 5.75 Å². The van der Waals surface area contributed by atoms with E-state index in [4.69, 9.17) is 4.74 Å². The third-order valence-corrected chi connectivity index (χ3v) is 3.73. The van der Waals surface area contributed by atoms with Gasteiger partial charge in [0.1, 0.15) is 5.75 Å². The Labute approximate surface area is 137 Å². The van der Waals surface area contributed by atoms with Crippen LogP contribution in [-0.2, 0) is 4.79 Å². The molecule has 0 saturated carbocycles. The first kappa shape index (κ1) is 16.8. The second-order valence-corrected chi connectivity index (χ2v) is 5.55. The van der Waals surface area contributed by atoms with Crippen molar-refractivity contribution in [3.63, 3.8) is 0 Å². The first-order valence-electron chi connectivity index (χ1n) is 7.77. The van der Waals surface area contributed by atoms with E-state index in [9.17, 15) is 9.90 Å². The van der Waals surface area contributed by atoms with Crippen LogP contribution in [0.2, 0.25) is 0 Å². The maximum absolute atomic E-state index is 11.7. The molecule has 23 heavy (non-hydrogen) atoms. The van der Waals surface area contributed by atoms with Crippen LogP contribution in [0.4, 0.5) is 0 Å². The molecule has 0 aliphatic rings. The van der Waals surface area contributed by atoms with Crippen molar-refractivity contribution in [2.24, 2.45) is 0 Å². The molecule has 0 fully saturated rings. The van der Waals surface area contributed by atoms with Crippen molar-refractivity contribution in [2.45, 2.75) is 27.2 Å². The zero-order chi connectivity index (χ0) is 16.8. The highest BCUT2D eigenvalue weighted by Crippen LogP contribution is 2.26. The molecule has 0 aliphatic heterocycles. The molecule has 3 nitrogen and oxygen atoms in total. The first-order chi connectivity index (χ1) is 11.0. The molecule has 1 N–H and O–H groups in total. The fraction of sp³-hybridized carbons (Fsp3) is 0.250. The molecule has 2 rings (SSSR count). The monoisotopic (exact) mass is 310 g/mol. The summed E-state index contributed by atoms with van der Waals surface area (Å²) in [6, 6.07) is 13.2. The quantitative estimate of drug-likeness (QED) is 0.620. The summed E-state index contributed by atoms with van der Waals surface area (Å²) in [4.78, 5) is 11.7. The summed E-state index contributed by atoms with van der Waals surface area (Å²) in [5.74, 6) is -0.240. The Hall–Kier alpha value is -2.55. The van der Waals surface area contributed by atoms with Crippen molar-refractivity contribution in [2.75, 3.05) is 6.61 Å². The number of rotatable bonds is 6. The van der Waals surface area contributed by atoms with E-state index < -0.39 is 5.97 Å². The largest absolute Gasteiger partial charge is 0.493 e. The third-order valence-electron chi connectivity index (χ3n) is 3.73. The predicted octanol–water partition coefficient (Wildman–Crippen LogP) is 4.72. The average Bonchev–Trinajstić information content (AvgIpc) is 2.54. The number of para-hydroxylation sites is 1. The summed E-state index contributed by atoms with van der Waals surface area (Å²) in [7, 11) is 0. The van der Waals surface area contributed by atoms with Crippen molar-refractivity contribution in [1.29, 1.82) is 0 Å². The molecule has 0 aliphatic carbocycles. The molecule has 0 atom stereocenters. The van der Waals surface area contributed by atoms with Gasteiger partial charge in [-0.1, -0.05) is 43.3 Å². The lowest BCUT2D eigenvalue weighted by Gasteiger charge is -2.10. The molecule has 0 unspecified atom stereocenters. The average molecular weight is 310 g/mol. The zero-order valence-corrected chi connectivity index (χ0v) is 13.8. The van der Waals surface area contributed by atoms with Gasteiger partial charge in [-0.3, -0.25) is 0 Å². The molecule has 2 aromatic carbocycles. The van der Waals surface area contributed by atoms with E-state index in [2.05, 4.69) is 0 Å². The van der Waals surface area contributed by atoms with E-state index >= 15 is 0 Å². The van der Waals surface area contributed by atoms with Gasteiger partial charge in [0, 0.05) is 5.56 Å². The van der Waals surface area contributed by atoms with Gasteiger partial charge in [-0.15, -0.1) is 0 Å². The number of benzene rings is 2. The fourth-order valence-corrected chi connectivity index (χ4v) is 2.28. The van der Waals surface area contributed by atoms with Gasteiger partial charge in [-0.25, -0.2) is 4.79 Å². The minimum atomic E-state index is -0.946. The van der Waals surface area contributed by atoms with Crippen LogP contribution in [0.1, 0.15) is 35.6 Å². The number of aryl methyl sites for hydroxylation is 2. The Morgan fingerprint density at radius 3 is 2.52 bits per heavy atom. The molecular weight excluding hydrogens is 288 g/mol. The second-order valence-electron chi connectivity index (χ2n) is 5.55. The van der Waals surface area contributed by atoms with Crippen LogP contribution in [0.25, 0.3) is 11.6 Å². The second kappa shape index (κ2) is 7.63. The lowest BCUT2D eigenvalue weighted by Crippen LogP contribution is -2.02. The van der Waals surface area contributed by atoms with Crippen molar-refractivity contribution >= 4 is 17.6 Å². The molecule has 3 heteroatoms. The van der Waals surface area contributed by atoms with Crippen LogP contribution < -0.4 is 4.74 Å². The molecule has 0 spiro atoms. The third kappa shape index (κ3) is 4.22. The lowest BCUT2D eigenvalue weighted by molar-refractivity contribution is -0.130. The molecular formula is C20H22O3. The smallest absolute Gasteiger partial charge is 0.336 e. The molecule has 0 amide bonds. The number of carboxylic acid groups (broad SMARTS) is 1. The highest BCUT2D eigenvalue weighted by atomic mass is 16.5. The normalized spacial score (nSPS) is 11.3. The number of hydrogen-bond donors (Lipinski definition) is 1. The number of carbonyl (C=O) groups is 1. The first-order valence-corrected chi connectivity index (χ1v) is 7.77. The number of aliphatic carboxylic acids is 1.